The van der Waals surface area contributed by atoms with E-state index < -0.39 is 0 Å². The van der Waals surface area contributed by atoms with Crippen LogP contribution in [0, 0.1) is 11.8 Å². The zero-order valence-corrected chi connectivity index (χ0v) is 15.0. The fourth-order valence-electron chi connectivity index (χ4n) is 2.30. The van der Waals surface area contributed by atoms with E-state index in [4.69, 9.17) is 0 Å². The minimum absolute atomic E-state index is 0. The van der Waals surface area contributed by atoms with Crippen molar-refractivity contribution in [3.8, 4) is 0 Å². The van der Waals surface area contributed by atoms with E-state index in [0.29, 0.717) is 24.9 Å². The second-order valence-electron chi connectivity index (χ2n) is 5.54. The molecule has 2 rings (SSSR count). The van der Waals surface area contributed by atoms with E-state index in [-0.39, 0.29) is 24.8 Å². The van der Waals surface area contributed by atoms with Crippen molar-refractivity contribution < 1.29 is 0 Å². The van der Waals surface area contributed by atoms with Gasteiger partial charge < -0.3 is 10.6 Å². The molecule has 2 aliphatic heterocycles. The van der Waals surface area contributed by atoms with Crippen LogP contribution in [0.15, 0.2) is 20.2 Å². The molecule has 0 aromatic carbocycles. The minimum atomic E-state index is 0. The van der Waals surface area contributed by atoms with E-state index in [1.165, 1.54) is 0 Å². The molecular formula is C14H28Cl2N6. The number of rotatable bonds is 6. The summed E-state index contributed by atoms with van der Waals surface area (Å²) in [6, 6.07) is 0. The molecule has 128 valence electrons. The third-order valence-electron chi connectivity index (χ3n) is 3.59. The molecule has 2 unspecified atom stereocenters. The summed E-state index contributed by atoms with van der Waals surface area (Å²) in [5.41, 5.74) is 0. The van der Waals surface area contributed by atoms with Gasteiger partial charge in [-0.15, -0.1) is 24.8 Å². The van der Waals surface area contributed by atoms with Gasteiger partial charge in [0.25, 0.3) is 0 Å². The van der Waals surface area contributed by atoms with E-state index in [9.17, 15) is 0 Å². The van der Waals surface area contributed by atoms with Crippen LogP contribution in [0.5, 0.6) is 0 Å². The van der Waals surface area contributed by atoms with E-state index in [1.807, 2.05) is 0 Å². The first-order valence-corrected chi connectivity index (χ1v) is 7.67. The highest BCUT2D eigenvalue weighted by Crippen LogP contribution is 2.05. The Morgan fingerprint density at radius 2 is 1.27 bits per heavy atom. The molecule has 2 heterocycles. The second kappa shape index (κ2) is 11.7. The predicted octanol–water partition coefficient (Wildman–Crippen LogP) is 2.34. The van der Waals surface area contributed by atoms with Crippen molar-refractivity contribution in [3.05, 3.63) is 0 Å². The van der Waals surface area contributed by atoms with Crippen LogP contribution in [-0.4, -0.2) is 50.9 Å². The molecule has 0 bridgehead atoms. The number of azo groups is 1. The molecular weight excluding hydrogens is 323 g/mol. The maximum Gasteiger partial charge on any atom is 0.101 e. The summed E-state index contributed by atoms with van der Waals surface area (Å²) in [5.74, 6) is 2.84. The molecule has 2 atom stereocenters. The highest BCUT2D eigenvalue weighted by Gasteiger charge is 2.13. The molecule has 8 heteroatoms. The van der Waals surface area contributed by atoms with Crippen LogP contribution in [0.25, 0.3) is 0 Å². The van der Waals surface area contributed by atoms with E-state index in [0.717, 1.165) is 50.7 Å². The van der Waals surface area contributed by atoms with Gasteiger partial charge in [0.15, 0.2) is 0 Å². The molecule has 0 saturated heterocycles. The van der Waals surface area contributed by atoms with Crippen molar-refractivity contribution in [1.82, 2.24) is 10.6 Å². The Morgan fingerprint density at radius 3 is 1.59 bits per heavy atom. The molecule has 0 amide bonds. The fraction of sp³-hybridized carbons (Fsp3) is 0.857. The van der Waals surface area contributed by atoms with Gasteiger partial charge >= 0.3 is 0 Å². The van der Waals surface area contributed by atoms with Crippen molar-refractivity contribution in [1.29, 1.82) is 0 Å². The average Bonchev–Trinajstić information content (AvgIpc) is 2.53. The average molecular weight is 351 g/mol. The Morgan fingerprint density at radius 1 is 0.864 bits per heavy atom. The molecule has 0 aromatic heterocycles. The van der Waals surface area contributed by atoms with E-state index >= 15 is 0 Å². The van der Waals surface area contributed by atoms with Crippen molar-refractivity contribution in [2.75, 3.05) is 39.3 Å². The maximum absolute atomic E-state index is 4.49. The molecule has 0 spiro atoms. The largest absolute Gasteiger partial charge is 0.373 e. The first-order chi connectivity index (χ1) is 9.77. The molecule has 0 aromatic rings. The Labute approximate surface area is 145 Å². The first kappa shape index (κ1) is 21.1. The van der Waals surface area contributed by atoms with Crippen LogP contribution in [0.1, 0.15) is 26.7 Å². The first-order valence-electron chi connectivity index (χ1n) is 7.67. The predicted molar refractivity (Wildman–Crippen MR) is 97.3 cm³/mol. The number of aliphatic imine (C=N–C) groups is 2. The van der Waals surface area contributed by atoms with Gasteiger partial charge in [-0.3, -0.25) is 9.98 Å². The molecule has 2 aliphatic rings. The van der Waals surface area contributed by atoms with Crippen LogP contribution >= 0.6 is 24.8 Å². The Hall–Kier alpha value is -0.880. The van der Waals surface area contributed by atoms with Gasteiger partial charge in [0.05, 0.1) is 13.1 Å². The molecule has 0 fully saturated rings. The van der Waals surface area contributed by atoms with E-state index in [1.54, 1.807) is 0 Å². The van der Waals surface area contributed by atoms with Gasteiger partial charge in [-0.1, -0.05) is 13.8 Å². The number of nitrogens with one attached hydrogen (secondary N) is 2. The number of nitrogens with zero attached hydrogens (tertiary/aromatic N) is 4. The minimum Gasteiger partial charge on any atom is -0.373 e. The molecule has 2 N–H and O–H groups in total. The molecule has 0 radical (unpaired) electrons. The third-order valence-corrected chi connectivity index (χ3v) is 3.59. The van der Waals surface area contributed by atoms with Crippen LogP contribution < -0.4 is 10.6 Å². The SMILES string of the molecule is CC(C/N=N/CC(C)C1=NCCCN1)C1=NCCCN1.Cl.Cl. The fourth-order valence-corrected chi connectivity index (χ4v) is 2.30. The standard InChI is InChI=1S/C14H26N6.2ClH/c1-11(13-15-5-3-6-16-13)9-19-20-10-12(2)14-17-7-4-8-18-14;;/h11-12H,3-10H2,1-2H3,(H,15,16)(H,17,18);2*1H/b20-19+;;. The quantitative estimate of drug-likeness (QED) is 0.721. The lowest BCUT2D eigenvalue weighted by molar-refractivity contribution is 0.628. The number of hydrogen-bond donors (Lipinski definition) is 2. The lowest BCUT2D eigenvalue weighted by atomic mass is 10.1. The molecule has 22 heavy (non-hydrogen) atoms. The summed E-state index contributed by atoms with van der Waals surface area (Å²) < 4.78 is 0. The lowest BCUT2D eigenvalue weighted by Gasteiger charge is -2.19. The summed E-state index contributed by atoms with van der Waals surface area (Å²) in [6.45, 7) is 9.64. The van der Waals surface area contributed by atoms with Crippen LogP contribution in [0.3, 0.4) is 0 Å². The van der Waals surface area contributed by atoms with E-state index in [2.05, 4.69) is 44.7 Å². The number of hydrogen-bond acceptors (Lipinski definition) is 6. The van der Waals surface area contributed by atoms with Gasteiger partial charge in [-0.05, 0) is 12.8 Å². The summed E-state index contributed by atoms with van der Waals surface area (Å²) in [6.07, 6.45) is 2.26. The van der Waals surface area contributed by atoms with Crippen molar-refractivity contribution in [3.63, 3.8) is 0 Å². The number of amidine groups is 2. The monoisotopic (exact) mass is 350 g/mol. The summed E-state index contributed by atoms with van der Waals surface area (Å²) in [5, 5.41) is 15.3. The number of halogens is 2. The van der Waals surface area contributed by atoms with Crippen LogP contribution in [-0.2, 0) is 0 Å². The smallest absolute Gasteiger partial charge is 0.101 e. The van der Waals surface area contributed by atoms with Crippen LogP contribution in [0.2, 0.25) is 0 Å². The Bertz CT molecular complexity index is 361. The van der Waals surface area contributed by atoms with Gasteiger partial charge in [-0.2, -0.15) is 10.2 Å². The van der Waals surface area contributed by atoms with Crippen molar-refractivity contribution in [2.45, 2.75) is 26.7 Å². The van der Waals surface area contributed by atoms with Gasteiger partial charge in [0.1, 0.15) is 11.7 Å². The Balaban J connectivity index is 0.00000220. The second-order valence-corrected chi connectivity index (χ2v) is 5.54. The van der Waals surface area contributed by atoms with Crippen LogP contribution in [0.4, 0.5) is 0 Å². The van der Waals surface area contributed by atoms with Gasteiger partial charge in [-0.25, -0.2) is 0 Å². The topological polar surface area (TPSA) is 73.5 Å². The highest BCUT2D eigenvalue weighted by molar-refractivity contribution is 5.86. The summed E-state index contributed by atoms with van der Waals surface area (Å²) in [7, 11) is 0. The zero-order valence-electron chi connectivity index (χ0n) is 13.4. The normalized spacial score (nSPS) is 20.5. The molecule has 0 aliphatic carbocycles. The maximum atomic E-state index is 4.49. The molecule has 0 saturated carbocycles. The van der Waals surface area contributed by atoms with Gasteiger partial charge in [0.2, 0.25) is 0 Å². The van der Waals surface area contributed by atoms with Crippen molar-refractivity contribution >= 4 is 36.5 Å². The highest BCUT2D eigenvalue weighted by atomic mass is 35.5. The summed E-state index contributed by atoms with van der Waals surface area (Å²) in [4.78, 5) is 8.98. The van der Waals surface area contributed by atoms with Crippen molar-refractivity contribution in [2.24, 2.45) is 32.0 Å². The third kappa shape index (κ3) is 6.92. The summed E-state index contributed by atoms with van der Waals surface area (Å²) >= 11 is 0. The van der Waals surface area contributed by atoms with Gasteiger partial charge in [0, 0.05) is 38.0 Å². The molecule has 6 nitrogen and oxygen atoms in total. The lowest BCUT2D eigenvalue weighted by Crippen LogP contribution is -2.35. The Kier molecular flexibility index (Phi) is 11.2. The zero-order chi connectivity index (χ0) is 14.2.